The van der Waals surface area contributed by atoms with Gasteiger partial charge in [0.2, 0.25) is 5.91 Å². The average Bonchev–Trinajstić information content (AvgIpc) is 2.59. The van der Waals surface area contributed by atoms with Gasteiger partial charge in [-0.2, -0.15) is 0 Å². The first-order chi connectivity index (χ1) is 10.8. The Kier molecular flexibility index (Phi) is 4.48. The third-order valence-corrected chi connectivity index (χ3v) is 4.10. The lowest BCUT2D eigenvalue weighted by Gasteiger charge is -2.32. The van der Waals surface area contributed by atoms with Gasteiger partial charge in [0.25, 0.3) is 0 Å². The summed E-state index contributed by atoms with van der Waals surface area (Å²) < 4.78 is 0. The molecule has 1 aliphatic rings. The van der Waals surface area contributed by atoms with Gasteiger partial charge in [0.15, 0.2) is 0 Å². The molecule has 0 atom stereocenters. The van der Waals surface area contributed by atoms with E-state index < -0.39 is 0 Å². The standard InChI is InChI=1S/C16H20N4O2/c21-10-7-17-16(22)12-5-8-20(9-6-12)15-13-3-1-2-4-14(13)18-11-19-15/h1-4,11-12,21H,5-10H2,(H,17,22). The second-order valence-electron chi connectivity index (χ2n) is 5.49. The van der Waals surface area contributed by atoms with Crippen molar-refractivity contribution in [2.75, 3.05) is 31.1 Å². The number of hydrogen-bond acceptors (Lipinski definition) is 5. The topological polar surface area (TPSA) is 78.4 Å². The largest absolute Gasteiger partial charge is 0.395 e. The van der Waals surface area contributed by atoms with Crippen molar-refractivity contribution in [3.63, 3.8) is 0 Å². The molecule has 116 valence electrons. The summed E-state index contributed by atoms with van der Waals surface area (Å²) in [7, 11) is 0. The molecule has 0 radical (unpaired) electrons. The van der Waals surface area contributed by atoms with Crippen LogP contribution in [0, 0.1) is 5.92 Å². The summed E-state index contributed by atoms with van der Waals surface area (Å²) in [5.74, 6) is 1.01. The highest BCUT2D eigenvalue weighted by Gasteiger charge is 2.26. The maximum absolute atomic E-state index is 11.9. The monoisotopic (exact) mass is 300 g/mol. The fourth-order valence-electron chi connectivity index (χ4n) is 2.92. The van der Waals surface area contributed by atoms with Crippen molar-refractivity contribution in [2.45, 2.75) is 12.8 Å². The number of rotatable bonds is 4. The Hall–Kier alpha value is -2.21. The molecule has 6 heteroatoms. The summed E-state index contributed by atoms with van der Waals surface area (Å²) in [5.41, 5.74) is 0.940. The Balaban J connectivity index is 1.69. The first kappa shape index (κ1) is 14.7. The Bertz CT molecular complexity index is 648. The van der Waals surface area contributed by atoms with Crippen LogP contribution in [0.15, 0.2) is 30.6 Å². The normalized spacial score (nSPS) is 16.0. The predicted molar refractivity (Wildman–Crippen MR) is 84.6 cm³/mol. The molecule has 1 fully saturated rings. The number of hydrogen-bond donors (Lipinski definition) is 2. The predicted octanol–water partition coefficient (Wildman–Crippen LogP) is 0.955. The van der Waals surface area contributed by atoms with Crippen LogP contribution in [0.25, 0.3) is 10.9 Å². The van der Waals surface area contributed by atoms with Gasteiger partial charge >= 0.3 is 0 Å². The van der Waals surface area contributed by atoms with Gasteiger partial charge in [-0.05, 0) is 25.0 Å². The minimum atomic E-state index is -0.0164. The SMILES string of the molecule is O=C(NCCO)C1CCN(c2ncnc3ccccc23)CC1. The smallest absolute Gasteiger partial charge is 0.223 e. The molecule has 1 amide bonds. The van der Waals surface area contributed by atoms with Crippen LogP contribution in [-0.2, 0) is 4.79 Å². The fourth-order valence-corrected chi connectivity index (χ4v) is 2.92. The lowest BCUT2D eigenvalue weighted by atomic mass is 9.95. The Morgan fingerprint density at radius 2 is 2.05 bits per heavy atom. The molecular weight excluding hydrogens is 280 g/mol. The lowest BCUT2D eigenvalue weighted by molar-refractivity contribution is -0.125. The fraction of sp³-hybridized carbons (Fsp3) is 0.438. The molecule has 0 bridgehead atoms. The Morgan fingerprint density at radius 3 is 2.82 bits per heavy atom. The molecule has 6 nitrogen and oxygen atoms in total. The van der Waals surface area contributed by atoms with Gasteiger partial charge in [0, 0.05) is 30.9 Å². The number of carbonyl (C=O) groups is 1. The number of benzene rings is 1. The van der Waals surface area contributed by atoms with Crippen LogP contribution >= 0.6 is 0 Å². The van der Waals surface area contributed by atoms with Crippen molar-refractivity contribution in [1.82, 2.24) is 15.3 Å². The number of piperidine rings is 1. The summed E-state index contributed by atoms with van der Waals surface area (Å²) >= 11 is 0. The maximum Gasteiger partial charge on any atom is 0.223 e. The van der Waals surface area contributed by atoms with Gasteiger partial charge in [-0.3, -0.25) is 4.79 Å². The highest BCUT2D eigenvalue weighted by Crippen LogP contribution is 2.27. The number of nitrogens with zero attached hydrogens (tertiary/aromatic N) is 3. The molecule has 3 rings (SSSR count). The van der Waals surface area contributed by atoms with E-state index in [1.807, 2.05) is 24.3 Å². The number of amides is 1. The van der Waals surface area contributed by atoms with E-state index in [4.69, 9.17) is 5.11 Å². The van der Waals surface area contributed by atoms with Crippen LogP contribution in [0.5, 0.6) is 0 Å². The second kappa shape index (κ2) is 6.70. The number of para-hydroxylation sites is 1. The Labute approximate surface area is 129 Å². The van der Waals surface area contributed by atoms with Crippen molar-refractivity contribution in [1.29, 1.82) is 0 Å². The molecule has 1 aromatic carbocycles. The molecule has 0 spiro atoms. The first-order valence-corrected chi connectivity index (χ1v) is 7.63. The molecule has 1 saturated heterocycles. The van der Waals surface area contributed by atoms with E-state index in [1.165, 1.54) is 0 Å². The summed E-state index contributed by atoms with van der Waals surface area (Å²) in [4.78, 5) is 22.9. The molecule has 0 aliphatic carbocycles. The Morgan fingerprint density at radius 1 is 1.27 bits per heavy atom. The highest BCUT2D eigenvalue weighted by atomic mass is 16.3. The summed E-state index contributed by atoms with van der Waals surface area (Å²) in [5, 5.41) is 12.6. The molecule has 0 unspecified atom stereocenters. The van der Waals surface area contributed by atoms with Crippen molar-refractivity contribution in [3.8, 4) is 0 Å². The van der Waals surface area contributed by atoms with E-state index in [0.717, 1.165) is 42.7 Å². The minimum absolute atomic E-state index is 0.0164. The van der Waals surface area contributed by atoms with Crippen LogP contribution in [0.1, 0.15) is 12.8 Å². The third kappa shape index (κ3) is 3.01. The first-order valence-electron chi connectivity index (χ1n) is 7.63. The van der Waals surface area contributed by atoms with E-state index in [1.54, 1.807) is 6.33 Å². The number of fused-ring (bicyclic) bond motifs is 1. The van der Waals surface area contributed by atoms with Crippen molar-refractivity contribution in [3.05, 3.63) is 30.6 Å². The summed E-state index contributed by atoms with van der Waals surface area (Å²) in [6.45, 7) is 1.92. The zero-order chi connectivity index (χ0) is 15.4. The highest BCUT2D eigenvalue weighted by molar-refractivity contribution is 5.89. The molecular formula is C16H20N4O2. The molecule has 2 N–H and O–H groups in total. The van der Waals surface area contributed by atoms with Crippen LogP contribution in [0.2, 0.25) is 0 Å². The van der Waals surface area contributed by atoms with Crippen LogP contribution in [-0.4, -0.2) is 47.2 Å². The van der Waals surface area contributed by atoms with E-state index in [9.17, 15) is 4.79 Å². The van der Waals surface area contributed by atoms with Gasteiger partial charge in [0.1, 0.15) is 12.1 Å². The number of aliphatic hydroxyl groups excluding tert-OH is 1. The third-order valence-electron chi connectivity index (χ3n) is 4.10. The van der Waals surface area contributed by atoms with Gasteiger partial charge in [-0.15, -0.1) is 0 Å². The number of nitrogens with one attached hydrogen (secondary N) is 1. The van der Waals surface area contributed by atoms with E-state index >= 15 is 0 Å². The van der Waals surface area contributed by atoms with Crippen molar-refractivity contribution >= 4 is 22.6 Å². The maximum atomic E-state index is 11.9. The number of carbonyl (C=O) groups excluding carboxylic acids is 1. The molecule has 2 heterocycles. The number of aliphatic hydroxyl groups is 1. The molecule has 1 aliphatic heterocycles. The molecule has 2 aromatic rings. The van der Waals surface area contributed by atoms with Crippen LogP contribution in [0.3, 0.4) is 0 Å². The minimum Gasteiger partial charge on any atom is -0.395 e. The zero-order valence-electron chi connectivity index (χ0n) is 12.4. The summed E-state index contributed by atoms with van der Waals surface area (Å²) in [6, 6.07) is 7.97. The summed E-state index contributed by atoms with van der Waals surface area (Å²) in [6.07, 6.45) is 3.20. The van der Waals surface area contributed by atoms with Gasteiger partial charge in [0.05, 0.1) is 12.1 Å². The second-order valence-corrected chi connectivity index (χ2v) is 5.49. The van der Waals surface area contributed by atoms with E-state index in [2.05, 4.69) is 20.2 Å². The average molecular weight is 300 g/mol. The molecule has 1 aromatic heterocycles. The van der Waals surface area contributed by atoms with Crippen LogP contribution in [0.4, 0.5) is 5.82 Å². The van der Waals surface area contributed by atoms with Crippen molar-refractivity contribution < 1.29 is 9.90 Å². The number of anilines is 1. The van der Waals surface area contributed by atoms with Gasteiger partial charge in [-0.1, -0.05) is 12.1 Å². The van der Waals surface area contributed by atoms with Gasteiger partial charge < -0.3 is 15.3 Å². The lowest BCUT2D eigenvalue weighted by Crippen LogP contribution is -2.41. The van der Waals surface area contributed by atoms with Gasteiger partial charge in [-0.25, -0.2) is 9.97 Å². The molecule has 22 heavy (non-hydrogen) atoms. The van der Waals surface area contributed by atoms with Crippen molar-refractivity contribution in [2.24, 2.45) is 5.92 Å². The molecule has 0 saturated carbocycles. The zero-order valence-corrected chi connectivity index (χ0v) is 12.4. The quantitative estimate of drug-likeness (QED) is 0.879. The van der Waals surface area contributed by atoms with Crippen LogP contribution < -0.4 is 10.2 Å². The number of aromatic nitrogens is 2. The van der Waals surface area contributed by atoms with E-state index in [-0.39, 0.29) is 18.4 Å². The van der Waals surface area contributed by atoms with E-state index in [0.29, 0.717) is 6.54 Å².